The number of aryl methyl sites for hydroxylation is 2. The van der Waals surface area contributed by atoms with Gasteiger partial charge in [-0.1, -0.05) is 41.4 Å². The molecule has 0 saturated heterocycles. The van der Waals surface area contributed by atoms with Crippen LogP contribution in [0.5, 0.6) is 5.75 Å². The molecule has 29 heavy (non-hydrogen) atoms. The molecular formula is C22H23Cl2N3O2. The zero-order valence-corrected chi connectivity index (χ0v) is 18.2. The number of benzene rings is 2. The van der Waals surface area contributed by atoms with Crippen LogP contribution in [0.2, 0.25) is 10.0 Å². The Morgan fingerprint density at radius 1 is 1.14 bits per heavy atom. The minimum atomic E-state index is -0.0960. The Morgan fingerprint density at radius 2 is 1.86 bits per heavy atom. The second-order valence-electron chi connectivity index (χ2n) is 6.86. The summed E-state index contributed by atoms with van der Waals surface area (Å²) in [6.07, 6.45) is 1.77. The summed E-state index contributed by atoms with van der Waals surface area (Å²) in [6.45, 7) is 5.42. The van der Waals surface area contributed by atoms with Gasteiger partial charge in [0.05, 0.1) is 16.6 Å². The highest BCUT2D eigenvalue weighted by Crippen LogP contribution is 2.26. The smallest absolute Gasteiger partial charge is 0.253 e. The van der Waals surface area contributed by atoms with E-state index in [9.17, 15) is 4.79 Å². The first-order valence-electron chi connectivity index (χ1n) is 9.32. The number of amides is 1. The molecule has 0 unspecified atom stereocenters. The lowest BCUT2D eigenvalue weighted by atomic mass is 10.1. The van der Waals surface area contributed by atoms with Crippen LogP contribution >= 0.6 is 23.2 Å². The molecule has 0 N–H and O–H groups in total. The molecule has 0 aliphatic rings. The Labute approximate surface area is 180 Å². The first-order chi connectivity index (χ1) is 13.9. The molecule has 3 rings (SSSR count). The van der Waals surface area contributed by atoms with E-state index in [-0.39, 0.29) is 5.91 Å². The Hall–Kier alpha value is -2.50. The summed E-state index contributed by atoms with van der Waals surface area (Å²) in [4.78, 5) is 14.3. The molecule has 0 aliphatic heterocycles. The predicted octanol–water partition coefficient (Wildman–Crippen LogP) is 5.37. The van der Waals surface area contributed by atoms with Gasteiger partial charge in [0.25, 0.3) is 5.91 Å². The molecule has 0 fully saturated rings. The van der Waals surface area contributed by atoms with E-state index in [0.717, 1.165) is 17.7 Å². The van der Waals surface area contributed by atoms with Crippen LogP contribution in [0.1, 0.15) is 34.1 Å². The van der Waals surface area contributed by atoms with Crippen LogP contribution in [0, 0.1) is 6.92 Å². The molecule has 0 aliphatic carbocycles. The summed E-state index contributed by atoms with van der Waals surface area (Å²) in [7, 11) is 1.74. The zero-order chi connectivity index (χ0) is 21.0. The van der Waals surface area contributed by atoms with Crippen molar-refractivity contribution in [2.24, 2.45) is 0 Å². The summed E-state index contributed by atoms with van der Waals surface area (Å²) in [5.74, 6) is 0.552. The lowest BCUT2D eigenvalue weighted by Gasteiger charge is -2.16. The fraction of sp³-hybridized carbons (Fsp3) is 0.273. The maximum atomic E-state index is 12.7. The van der Waals surface area contributed by atoms with Gasteiger partial charge in [0, 0.05) is 25.4 Å². The standard InChI is InChI=1S/C22H23Cl2N3O2/c1-4-27-12-19(24)20(25-27)13-26(3)22(28)17-8-6-16(7-9-17)14-29-21-11-15(2)5-10-18(21)23/h5-12H,4,13-14H2,1-3H3. The lowest BCUT2D eigenvalue weighted by molar-refractivity contribution is 0.0783. The summed E-state index contributed by atoms with van der Waals surface area (Å²) in [5, 5.41) is 5.53. The minimum Gasteiger partial charge on any atom is -0.487 e. The third-order valence-electron chi connectivity index (χ3n) is 4.53. The second-order valence-corrected chi connectivity index (χ2v) is 7.67. The van der Waals surface area contributed by atoms with Gasteiger partial charge in [-0.05, 0) is 49.2 Å². The van der Waals surface area contributed by atoms with E-state index in [2.05, 4.69) is 5.10 Å². The number of carbonyl (C=O) groups excluding carboxylic acids is 1. The van der Waals surface area contributed by atoms with E-state index >= 15 is 0 Å². The quantitative estimate of drug-likeness (QED) is 0.504. The van der Waals surface area contributed by atoms with E-state index in [0.29, 0.717) is 40.2 Å². The van der Waals surface area contributed by atoms with E-state index in [1.165, 1.54) is 0 Å². The van der Waals surface area contributed by atoms with Crippen molar-refractivity contribution in [3.8, 4) is 5.75 Å². The number of carbonyl (C=O) groups is 1. The van der Waals surface area contributed by atoms with Gasteiger partial charge in [-0.25, -0.2) is 0 Å². The van der Waals surface area contributed by atoms with Crippen LogP contribution in [0.4, 0.5) is 0 Å². The SMILES string of the molecule is CCn1cc(Cl)c(CN(C)C(=O)c2ccc(COc3cc(C)ccc3Cl)cc2)n1. The fourth-order valence-electron chi connectivity index (χ4n) is 2.85. The molecule has 152 valence electrons. The number of ether oxygens (including phenoxy) is 1. The van der Waals surface area contributed by atoms with Crippen molar-refractivity contribution in [1.29, 1.82) is 0 Å². The molecule has 0 atom stereocenters. The largest absolute Gasteiger partial charge is 0.487 e. The van der Waals surface area contributed by atoms with E-state index < -0.39 is 0 Å². The van der Waals surface area contributed by atoms with Crippen LogP contribution in [-0.4, -0.2) is 27.6 Å². The second kappa shape index (κ2) is 9.33. The van der Waals surface area contributed by atoms with Gasteiger partial charge >= 0.3 is 0 Å². The van der Waals surface area contributed by atoms with Gasteiger partial charge in [0.1, 0.15) is 18.1 Å². The number of hydrogen-bond acceptors (Lipinski definition) is 3. The van der Waals surface area contributed by atoms with Crippen molar-refractivity contribution in [1.82, 2.24) is 14.7 Å². The zero-order valence-electron chi connectivity index (χ0n) is 16.7. The molecule has 0 bridgehead atoms. The first kappa shape index (κ1) is 21.2. The number of hydrogen-bond donors (Lipinski definition) is 0. The minimum absolute atomic E-state index is 0.0960. The Morgan fingerprint density at radius 3 is 2.52 bits per heavy atom. The van der Waals surface area contributed by atoms with Crippen molar-refractivity contribution < 1.29 is 9.53 Å². The van der Waals surface area contributed by atoms with Crippen LogP contribution in [-0.2, 0) is 19.7 Å². The number of halogens is 2. The number of nitrogens with zero attached hydrogens (tertiary/aromatic N) is 3. The van der Waals surface area contributed by atoms with Crippen molar-refractivity contribution in [2.45, 2.75) is 33.5 Å². The fourth-order valence-corrected chi connectivity index (χ4v) is 3.23. The van der Waals surface area contributed by atoms with Crippen molar-refractivity contribution in [3.05, 3.63) is 81.1 Å². The molecule has 0 radical (unpaired) electrons. The molecule has 1 heterocycles. The molecule has 0 spiro atoms. The molecule has 0 saturated carbocycles. The van der Waals surface area contributed by atoms with Gasteiger partial charge in [-0.15, -0.1) is 0 Å². The molecule has 7 heteroatoms. The molecule has 5 nitrogen and oxygen atoms in total. The third-order valence-corrected chi connectivity index (χ3v) is 5.15. The van der Waals surface area contributed by atoms with E-state index in [4.69, 9.17) is 27.9 Å². The van der Waals surface area contributed by atoms with Crippen LogP contribution in [0.25, 0.3) is 0 Å². The summed E-state index contributed by atoms with van der Waals surface area (Å²) < 4.78 is 7.56. The van der Waals surface area contributed by atoms with Gasteiger partial charge in [0.2, 0.25) is 0 Å². The number of aromatic nitrogens is 2. The molecule has 1 aromatic heterocycles. The highest BCUT2D eigenvalue weighted by atomic mass is 35.5. The van der Waals surface area contributed by atoms with Gasteiger partial charge < -0.3 is 9.64 Å². The highest BCUT2D eigenvalue weighted by molar-refractivity contribution is 6.32. The van der Waals surface area contributed by atoms with Gasteiger partial charge in [-0.2, -0.15) is 5.10 Å². The monoisotopic (exact) mass is 431 g/mol. The van der Waals surface area contributed by atoms with Crippen LogP contribution < -0.4 is 4.74 Å². The Bertz CT molecular complexity index is 1000. The average molecular weight is 432 g/mol. The Kier molecular flexibility index (Phi) is 6.83. The maximum absolute atomic E-state index is 12.7. The van der Waals surface area contributed by atoms with Crippen LogP contribution in [0.3, 0.4) is 0 Å². The Balaban J connectivity index is 1.61. The van der Waals surface area contributed by atoms with E-state index in [1.807, 2.05) is 44.2 Å². The van der Waals surface area contributed by atoms with Gasteiger partial charge in [0.15, 0.2) is 0 Å². The van der Waals surface area contributed by atoms with Crippen molar-refractivity contribution >= 4 is 29.1 Å². The van der Waals surface area contributed by atoms with Gasteiger partial charge in [-0.3, -0.25) is 9.48 Å². The summed E-state index contributed by atoms with van der Waals surface area (Å²) in [6, 6.07) is 13.0. The lowest BCUT2D eigenvalue weighted by Crippen LogP contribution is -2.26. The van der Waals surface area contributed by atoms with E-state index in [1.54, 1.807) is 35.0 Å². The topological polar surface area (TPSA) is 47.4 Å². The molecule has 1 amide bonds. The third kappa shape index (κ3) is 5.31. The predicted molar refractivity (Wildman–Crippen MR) is 116 cm³/mol. The molecular weight excluding hydrogens is 409 g/mol. The van der Waals surface area contributed by atoms with Crippen LogP contribution in [0.15, 0.2) is 48.7 Å². The maximum Gasteiger partial charge on any atom is 0.253 e. The number of rotatable bonds is 7. The molecule has 2 aromatic carbocycles. The summed E-state index contributed by atoms with van der Waals surface area (Å²) >= 11 is 12.4. The highest BCUT2D eigenvalue weighted by Gasteiger charge is 2.16. The summed E-state index contributed by atoms with van der Waals surface area (Å²) in [5.41, 5.74) is 3.31. The van der Waals surface area contributed by atoms with Crippen molar-refractivity contribution in [2.75, 3.05) is 7.05 Å². The normalized spacial score (nSPS) is 10.8. The van der Waals surface area contributed by atoms with Crippen molar-refractivity contribution in [3.63, 3.8) is 0 Å². The molecule has 3 aromatic rings. The first-order valence-corrected chi connectivity index (χ1v) is 10.1. The average Bonchev–Trinajstić information content (AvgIpc) is 3.08.